The number of rotatable bonds is 5. The van der Waals surface area contributed by atoms with E-state index in [1.54, 1.807) is 35.1 Å². The molecule has 3 aromatic rings. The summed E-state index contributed by atoms with van der Waals surface area (Å²) in [5, 5.41) is 13.2. The van der Waals surface area contributed by atoms with E-state index in [1.165, 1.54) is 24.5 Å². The molecule has 8 nitrogen and oxygen atoms in total. The summed E-state index contributed by atoms with van der Waals surface area (Å²) in [5.41, 5.74) is 1.31. The van der Waals surface area contributed by atoms with Crippen LogP contribution < -0.4 is 16.0 Å². The molecule has 1 aromatic carbocycles. The fourth-order valence-electron chi connectivity index (χ4n) is 2.08. The zero-order valence-corrected chi connectivity index (χ0v) is 14.4. The Balaban J connectivity index is 1.63. The Hall–Kier alpha value is -3.20. The Morgan fingerprint density at radius 2 is 1.76 bits per heavy atom. The van der Waals surface area contributed by atoms with Crippen molar-refractivity contribution in [3.63, 3.8) is 0 Å². The molecule has 128 valence electrons. The topological polar surface area (TPSA) is 101 Å². The summed E-state index contributed by atoms with van der Waals surface area (Å²) < 4.78 is 1.68. The van der Waals surface area contributed by atoms with Gasteiger partial charge in [0.2, 0.25) is 5.91 Å². The van der Waals surface area contributed by atoms with Crippen LogP contribution >= 0.6 is 11.3 Å². The molecule has 0 saturated heterocycles. The minimum absolute atomic E-state index is 0.144. The predicted molar refractivity (Wildman–Crippen MR) is 97.3 cm³/mol. The van der Waals surface area contributed by atoms with Gasteiger partial charge >= 0.3 is 0 Å². The maximum Gasteiger partial charge on any atom is 0.267 e. The number of amides is 2. The van der Waals surface area contributed by atoms with Crippen molar-refractivity contribution >= 4 is 45.5 Å². The first-order chi connectivity index (χ1) is 12.0. The first kappa shape index (κ1) is 16.7. The van der Waals surface area contributed by atoms with Gasteiger partial charge in [-0.25, -0.2) is 4.98 Å². The second-order valence-electron chi connectivity index (χ2n) is 5.21. The van der Waals surface area contributed by atoms with Gasteiger partial charge in [0.25, 0.3) is 5.91 Å². The molecule has 25 heavy (non-hydrogen) atoms. The van der Waals surface area contributed by atoms with E-state index in [0.717, 1.165) is 5.82 Å². The monoisotopic (exact) mass is 356 g/mol. The Labute approximate surface area is 147 Å². The molecule has 3 rings (SSSR count). The van der Waals surface area contributed by atoms with Gasteiger partial charge in [0, 0.05) is 31.4 Å². The number of aromatic nitrogens is 3. The fourth-order valence-corrected chi connectivity index (χ4v) is 2.79. The molecule has 0 atom stereocenters. The third-order valence-electron chi connectivity index (χ3n) is 3.25. The number of thiazole rings is 1. The summed E-state index contributed by atoms with van der Waals surface area (Å²) in [7, 11) is 1.81. The van der Waals surface area contributed by atoms with E-state index in [4.69, 9.17) is 0 Å². The van der Waals surface area contributed by atoms with Crippen molar-refractivity contribution in [1.82, 2.24) is 14.8 Å². The van der Waals surface area contributed by atoms with Crippen molar-refractivity contribution in [3.8, 4) is 0 Å². The van der Waals surface area contributed by atoms with Gasteiger partial charge in [-0.3, -0.25) is 14.3 Å². The third kappa shape index (κ3) is 4.21. The van der Waals surface area contributed by atoms with Crippen molar-refractivity contribution in [1.29, 1.82) is 0 Å². The molecule has 0 radical (unpaired) electrons. The molecule has 0 aliphatic rings. The van der Waals surface area contributed by atoms with Crippen LogP contribution in [0.1, 0.15) is 16.6 Å². The third-order valence-corrected chi connectivity index (χ3v) is 4.16. The van der Waals surface area contributed by atoms with E-state index in [-0.39, 0.29) is 11.8 Å². The molecule has 0 spiro atoms. The van der Waals surface area contributed by atoms with Crippen molar-refractivity contribution in [2.24, 2.45) is 7.05 Å². The maximum atomic E-state index is 12.3. The van der Waals surface area contributed by atoms with Crippen molar-refractivity contribution in [3.05, 3.63) is 47.6 Å². The standard InChI is InChI=1S/C16H16N6O2S/c1-10(23)19-11-3-5-12(6-4-11)20-15(24)13-9-17-16(25-13)21-14-7-8-18-22(14)2/h3-9H,1-2H3,(H,17,21)(H,19,23)(H,20,24). The molecular formula is C16H16N6O2S. The molecule has 0 saturated carbocycles. The van der Waals surface area contributed by atoms with Crippen LogP contribution in [0.3, 0.4) is 0 Å². The van der Waals surface area contributed by atoms with Gasteiger partial charge in [0.1, 0.15) is 10.7 Å². The smallest absolute Gasteiger partial charge is 0.267 e. The van der Waals surface area contributed by atoms with Crippen LogP contribution in [-0.4, -0.2) is 26.6 Å². The second-order valence-corrected chi connectivity index (χ2v) is 6.24. The van der Waals surface area contributed by atoms with Gasteiger partial charge in [-0.05, 0) is 24.3 Å². The van der Waals surface area contributed by atoms with Gasteiger partial charge in [-0.15, -0.1) is 0 Å². The predicted octanol–water partition coefficient (Wildman–Crippen LogP) is 2.83. The Morgan fingerprint density at radius 1 is 1.08 bits per heavy atom. The molecule has 0 aliphatic heterocycles. The van der Waals surface area contributed by atoms with E-state index in [2.05, 4.69) is 26.0 Å². The van der Waals surface area contributed by atoms with Gasteiger partial charge in [0.15, 0.2) is 5.13 Å². The first-order valence-electron chi connectivity index (χ1n) is 7.41. The number of carbonyl (C=O) groups excluding carboxylic acids is 2. The zero-order chi connectivity index (χ0) is 17.8. The molecule has 0 bridgehead atoms. The normalized spacial score (nSPS) is 10.3. The summed E-state index contributed by atoms with van der Waals surface area (Å²) in [6, 6.07) is 8.70. The highest BCUT2D eigenvalue weighted by Crippen LogP contribution is 2.23. The number of nitrogens with one attached hydrogen (secondary N) is 3. The summed E-state index contributed by atoms with van der Waals surface area (Å²) in [6.45, 7) is 1.44. The fraction of sp³-hybridized carbons (Fsp3) is 0.125. The minimum atomic E-state index is -0.247. The average Bonchev–Trinajstić information content (AvgIpc) is 3.19. The lowest BCUT2D eigenvalue weighted by atomic mass is 10.2. The Bertz CT molecular complexity index is 900. The lowest BCUT2D eigenvalue weighted by Gasteiger charge is -2.05. The minimum Gasteiger partial charge on any atom is -0.326 e. The van der Waals surface area contributed by atoms with Gasteiger partial charge in [-0.2, -0.15) is 5.10 Å². The number of hydrogen-bond donors (Lipinski definition) is 3. The van der Waals surface area contributed by atoms with Crippen molar-refractivity contribution < 1.29 is 9.59 Å². The van der Waals surface area contributed by atoms with Crippen LogP contribution in [0.15, 0.2) is 42.7 Å². The highest BCUT2D eigenvalue weighted by atomic mass is 32.1. The van der Waals surface area contributed by atoms with E-state index >= 15 is 0 Å². The van der Waals surface area contributed by atoms with Gasteiger partial charge in [0.05, 0.1) is 12.4 Å². The molecule has 3 N–H and O–H groups in total. The summed E-state index contributed by atoms with van der Waals surface area (Å²) in [4.78, 5) is 28.0. The zero-order valence-electron chi connectivity index (χ0n) is 13.6. The molecule has 2 amide bonds. The SMILES string of the molecule is CC(=O)Nc1ccc(NC(=O)c2cnc(Nc3ccnn3C)s2)cc1. The first-order valence-corrected chi connectivity index (χ1v) is 8.23. The number of benzene rings is 1. The number of nitrogens with zero attached hydrogens (tertiary/aromatic N) is 3. The highest BCUT2D eigenvalue weighted by molar-refractivity contribution is 7.17. The van der Waals surface area contributed by atoms with E-state index in [9.17, 15) is 9.59 Å². The largest absolute Gasteiger partial charge is 0.326 e. The van der Waals surface area contributed by atoms with Crippen molar-refractivity contribution in [2.45, 2.75) is 6.92 Å². The van der Waals surface area contributed by atoms with Gasteiger partial charge in [-0.1, -0.05) is 11.3 Å². The van der Waals surface area contributed by atoms with Crippen LogP contribution in [0.5, 0.6) is 0 Å². The lowest BCUT2D eigenvalue weighted by molar-refractivity contribution is -0.114. The molecule has 2 aromatic heterocycles. The molecule has 0 fully saturated rings. The number of hydrogen-bond acceptors (Lipinski definition) is 6. The number of anilines is 4. The second kappa shape index (κ2) is 7.14. The van der Waals surface area contributed by atoms with E-state index < -0.39 is 0 Å². The van der Waals surface area contributed by atoms with Crippen molar-refractivity contribution in [2.75, 3.05) is 16.0 Å². The molecular weight excluding hydrogens is 340 g/mol. The Morgan fingerprint density at radius 3 is 2.36 bits per heavy atom. The van der Waals surface area contributed by atoms with Gasteiger partial charge < -0.3 is 16.0 Å². The van der Waals surface area contributed by atoms with Crippen LogP contribution in [0.4, 0.5) is 22.3 Å². The summed E-state index contributed by atoms with van der Waals surface area (Å²) >= 11 is 1.25. The quantitative estimate of drug-likeness (QED) is 0.652. The van der Waals surface area contributed by atoms with E-state index in [0.29, 0.717) is 21.4 Å². The number of carbonyl (C=O) groups is 2. The molecule has 2 heterocycles. The van der Waals surface area contributed by atoms with Crippen LogP contribution in [0, 0.1) is 0 Å². The molecule has 0 unspecified atom stereocenters. The van der Waals surface area contributed by atoms with Crippen LogP contribution in [0.2, 0.25) is 0 Å². The van der Waals surface area contributed by atoms with Crippen LogP contribution in [0.25, 0.3) is 0 Å². The highest BCUT2D eigenvalue weighted by Gasteiger charge is 2.12. The van der Waals surface area contributed by atoms with Crippen LogP contribution in [-0.2, 0) is 11.8 Å². The Kier molecular flexibility index (Phi) is 4.75. The molecule has 0 aliphatic carbocycles. The van der Waals surface area contributed by atoms with E-state index in [1.807, 2.05) is 13.1 Å². The summed E-state index contributed by atoms with van der Waals surface area (Å²) in [6.07, 6.45) is 3.19. The average molecular weight is 356 g/mol. The molecule has 9 heteroatoms. The lowest BCUT2D eigenvalue weighted by Crippen LogP contribution is -2.10. The maximum absolute atomic E-state index is 12.3. The number of aryl methyl sites for hydroxylation is 1. The summed E-state index contributed by atoms with van der Waals surface area (Å²) in [5.74, 6) is 0.396.